The summed E-state index contributed by atoms with van der Waals surface area (Å²) >= 11 is 0. The van der Waals surface area contributed by atoms with E-state index in [2.05, 4.69) is 26.0 Å². The summed E-state index contributed by atoms with van der Waals surface area (Å²) in [5, 5.41) is 14.2. The van der Waals surface area contributed by atoms with Crippen LogP contribution in [0, 0.1) is 0 Å². The second kappa shape index (κ2) is 7.07. The zero-order chi connectivity index (χ0) is 18.9. The fraction of sp³-hybridized carbons (Fsp3) is 0.333. The molecule has 3 N–H and O–H groups in total. The van der Waals surface area contributed by atoms with Gasteiger partial charge in [-0.15, -0.1) is 5.10 Å². The van der Waals surface area contributed by atoms with Crippen LogP contribution in [0.25, 0.3) is 5.65 Å². The summed E-state index contributed by atoms with van der Waals surface area (Å²) in [6.07, 6.45) is -2.16. The molecule has 0 saturated carbocycles. The molecule has 1 aliphatic heterocycles. The van der Waals surface area contributed by atoms with Crippen molar-refractivity contribution in [3.63, 3.8) is 0 Å². The Labute approximate surface area is 153 Å². The minimum absolute atomic E-state index is 0.319. The molecule has 1 aromatic carbocycles. The fourth-order valence-corrected chi connectivity index (χ4v) is 3.12. The molecule has 0 radical (unpaired) electrons. The predicted molar refractivity (Wildman–Crippen MR) is 97.2 cm³/mol. The van der Waals surface area contributed by atoms with Crippen molar-refractivity contribution in [2.45, 2.75) is 25.1 Å². The molecule has 0 amide bonds. The zero-order valence-electron chi connectivity index (χ0n) is 14.4. The molecule has 1 fully saturated rings. The maximum atomic E-state index is 12.7. The average Bonchev–Trinajstić information content (AvgIpc) is 3.06. The largest absolute Gasteiger partial charge is 0.416 e. The van der Waals surface area contributed by atoms with Crippen molar-refractivity contribution in [1.82, 2.24) is 19.9 Å². The highest BCUT2D eigenvalue weighted by atomic mass is 19.4. The SMILES string of the molecule is FC(F)(F)c1ccc(Nc2nc3cccc(N[C@@H]4CCCNC4)n3n2)cc1. The van der Waals surface area contributed by atoms with E-state index in [1.165, 1.54) is 12.1 Å². The van der Waals surface area contributed by atoms with Crippen LogP contribution in [0.2, 0.25) is 0 Å². The van der Waals surface area contributed by atoms with E-state index in [1.54, 1.807) is 4.52 Å². The van der Waals surface area contributed by atoms with E-state index in [1.807, 2.05) is 18.2 Å². The first-order chi connectivity index (χ1) is 13.0. The number of benzene rings is 1. The Morgan fingerprint density at radius 1 is 1.11 bits per heavy atom. The highest BCUT2D eigenvalue weighted by Crippen LogP contribution is 2.30. The molecule has 2 aromatic heterocycles. The van der Waals surface area contributed by atoms with Crippen LogP contribution in [-0.2, 0) is 6.18 Å². The molecule has 0 unspecified atom stereocenters. The number of anilines is 3. The van der Waals surface area contributed by atoms with Crippen molar-refractivity contribution in [3.8, 4) is 0 Å². The van der Waals surface area contributed by atoms with Gasteiger partial charge in [0, 0.05) is 18.3 Å². The van der Waals surface area contributed by atoms with Crippen LogP contribution in [0.3, 0.4) is 0 Å². The smallest absolute Gasteiger partial charge is 0.366 e. The van der Waals surface area contributed by atoms with Gasteiger partial charge in [-0.3, -0.25) is 0 Å². The molecule has 0 spiro atoms. The van der Waals surface area contributed by atoms with E-state index in [-0.39, 0.29) is 0 Å². The van der Waals surface area contributed by atoms with Gasteiger partial charge < -0.3 is 16.0 Å². The van der Waals surface area contributed by atoms with Crippen LogP contribution in [0.4, 0.5) is 30.6 Å². The van der Waals surface area contributed by atoms with Gasteiger partial charge in [-0.1, -0.05) is 6.07 Å². The Bertz CT molecular complexity index is 913. The van der Waals surface area contributed by atoms with Crippen LogP contribution in [0.15, 0.2) is 42.5 Å². The van der Waals surface area contributed by atoms with Crippen molar-refractivity contribution in [3.05, 3.63) is 48.0 Å². The average molecular weight is 376 g/mol. The first-order valence-electron chi connectivity index (χ1n) is 8.76. The minimum atomic E-state index is -4.35. The Hall–Kier alpha value is -2.81. The lowest BCUT2D eigenvalue weighted by Crippen LogP contribution is -2.38. The highest BCUT2D eigenvalue weighted by molar-refractivity contribution is 5.58. The van der Waals surface area contributed by atoms with Gasteiger partial charge in [0.15, 0.2) is 5.65 Å². The standard InChI is InChI=1S/C18H19F3N6/c19-18(20,21)12-6-8-13(9-7-12)24-17-25-16-5-1-4-15(27(16)26-17)23-14-3-2-10-22-11-14/h1,4-9,14,22-23H,2-3,10-11H2,(H,24,26)/t14-/m1/s1. The maximum absolute atomic E-state index is 12.7. The van der Waals surface area contributed by atoms with Gasteiger partial charge in [-0.2, -0.15) is 22.7 Å². The number of fused-ring (bicyclic) bond motifs is 1. The van der Waals surface area contributed by atoms with Crippen LogP contribution in [0.5, 0.6) is 0 Å². The number of halogens is 3. The monoisotopic (exact) mass is 376 g/mol. The number of pyridine rings is 1. The van der Waals surface area contributed by atoms with E-state index in [9.17, 15) is 13.2 Å². The number of alkyl halides is 3. The van der Waals surface area contributed by atoms with Gasteiger partial charge in [-0.25, -0.2) is 0 Å². The van der Waals surface area contributed by atoms with Gasteiger partial charge in [0.25, 0.3) is 0 Å². The molecule has 4 rings (SSSR count). The second-order valence-corrected chi connectivity index (χ2v) is 6.50. The molecule has 0 aliphatic carbocycles. The number of hydrogen-bond donors (Lipinski definition) is 3. The van der Waals surface area contributed by atoms with E-state index in [0.717, 1.165) is 43.9 Å². The lowest BCUT2D eigenvalue weighted by atomic mass is 10.1. The lowest BCUT2D eigenvalue weighted by Gasteiger charge is -2.24. The maximum Gasteiger partial charge on any atom is 0.416 e. The third kappa shape index (κ3) is 3.97. The van der Waals surface area contributed by atoms with Gasteiger partial charge in [-0.05, 0) is 55.8 Å². The molecule has 142 valence electrons. The summed E-state index contributed by atoms with van der Waals surface area (Å²) in [6.45, 7) is 1.93. The fourth-order valence-electron chi connectivity index (χ4n) is 3.12. The summed E-state index contributed by atoms with van der Waals surface area (Å²) in [4.78, 5) is 4.40. The molecular weight excluding hydrogens is 357 g/mol. The third-order valence-electron chi connectivity index (χ3n) is 4.48. The Balaban J connectivity index is 1.53. The van der Waals surface area contributed by atoms with Crippen molar-refractivity contribution in [2.24, 2.45) is 0 Å². The molecule has 1 aliphatic rings. The van der Waals surface area contributed by atoms with Gasteiger partial charge in [0.2, 0.25) is 5.95 Å². The Morgan fingerprint density at radius 2 is 1.93 bits per heavy atom. The number of aromatic nitrogens is 3. The summed E-state index contributed by atoms with van der Waals surface area (Å²) < 4.78 is 39.7. The Morgan fingerprint density at radius 3 is 2.63 bits per heavy atom. The molecular formula is C18H19F3N6. The van der Waals surface area contributed by atoms with Gasteiger partial charge in [0.1, 0.15) is 5.82 Å². The number of rotatable bonds is 4. The van der Waals surface area contributed by atoms with Gasteiger partial charge >= 0.3 is 6.18 Å². The van der Waals surface area contributed by atoms with E-state index >= 15 is 0 Å². The van der Waals surface area contributed by atoms with Crippen molar-refractivity contribution >= 4 is 23.1 Å². The van der Waals surface area contributed by atoms with Crippen LogP contribution < -0.4 is 16.0 Å². The van der Waals surface area contributed by atoms with Crippen molar-refractivity contribution < 1.29 is 13.2 Å². The molecule has 27 heavy (non-hydrogen) atoms. The first kappa shape index (κ1) is 17.6. The topological polar surface area (TPSA) is 66.3 Å². The van der Waals surface area contributed by atoms with E-state index < -0.39 is 11.7 Å². The summed E-state index contributed by atoms with van der Waals surface area (Å²) in [6, 6.07) is 10.8. The minimum Gasteiger partial charge on any atom is -0.366 e. The lowest BCUT2D eigenvalue weighted by molar-refractivity contribution is -0.137. The number of nitrogens with one attached hydrogen (secondary N) is 3. The first-order valence-corrected chi connectivity index (χ1v) is 8.76. The third-order valence-corrected chi connectivity index (χ3v) is 4.48. The molecule has 3 aromatic rings. The van der Waals surface area contributed by atoms with Crippen molar-refractivity contribution in [1.29, 1.82) is 0 Å². The molecule has 1 saturated heterocycles. The zero-order valence-corrected chi connectivity index (χ0v) is 14.4. The molecule has 3 heterocycles. The summed E-state index contributed by atoms with van der Waals surface area (Å²) in [5.41, 5.74) is 0.451. The van der Waals surface area contributed by atoms with E-state index in [0.29, 0.717) is 23.3 Å². The van der Waals surface area contributed by atoms with Crippen LogP contribution in [-0.4, -0.2) is 33.7 Å². The van der Waals surface area contributed by atoms with Crippen LogP contribution in [0.1, 0.15) is 18.4 Å². The van der Waals surface area contributed by atoms with Crippen molar-refractivity contribution in [2.75, 3.05) is 23.7 Å². The molecule has 0 bridgehead atoms. The molecule has 9 heteroatoms. The number of nitrogens with zero attached hydrogens (tertiary/aromatic N) is 3. The normalized spacial score (nSPS) is 17.8. The predicted octanol–water partition coefficient (Wildman–Crippen LogP) is 3.66. The van der Waals surface area contributed by atoms with Gasteiger partial charge in [0.05, 0.1) is 5.56 Å². The van der Waals surface area contributed by atoms with Crippen LogP contribution >= 0.6 is 0 Å². The summed E-state index contributed by atoms with van der Waals surface area (Å²) in [5.74, 6) is 1.15. The molecule has 6 nitrogen and oxygen atoms in total. The quantitative estimate of drug-likeness (QED) is 0.649. The Kier molecular flexibility index (Phi) is 4.61. The number of hydrogen-bond acceptors (Lipinski definition) is 5. The van der Waals surface area contributed by atoms with E-state index in [4.69, 9.17) is 0 Å². The number of piperidine rings is 1. The summed E-state index contributed by atoms with van der Waals surface area (Å²) in [7, 11) is 0. The highest BCUT2D eigenvalue weighted by Gasteiger charge is 2.30. The second-order valence-electron chi connectivity index (χ2n) is 6.50. The molecule has 1 atom stereocenters.